The summed E-state index contributed by atoms with van der Waals surface area (Å²) in [7, 11) is 6.87. The number of likely N-dealkylation sites (N-methyl/N-ethyl adjacent to an activating group) is 2. The number of amides is 2. The van der Waals surface area contributed by atoms with Crippen LogP contribution >= 0.6 is 0 Å². The highest BCUT2D eigenvalue weighted by Gasteiger charge is 2.26. The van der Waals surface area contributed by atoms with Gasteiger partial charge < -0.3 is 25.0 Å². The molecule has 2 N–H and O–H groups in total. The first-order valence-electron chi connectivity index (χ1n) is 7.36. The average molecular weight is 323 g/mol. The highest BCUT2D eigenvalue weighted by molar-refractivity contribution is 5.82. The van der Waals surface area contributed by atoms with E-state index in [9.17, 15) is 14.7 Å². The number of carbonyl (C=O) groups is 2. The van der Waals surface area contributed by atoms with Gasteiger partial charge in [-0.25, -0.2) is 9.59 Å². The molecule has 0 unspecified atom stereocenters. The maximum absolute atomic E-state index is 12.1. The van der Waals surface area contributed by atoms with Crippen molar-refractivity contribution in [3.8, 4) is 5.75 Å². The zero-order valence-electron chi connectivity index (χ0n) is 14.1. The fourth-order valence-corrected chi connectivity index (χ4v) is 2.03. The summed E-state index contributed by atoms with van der Waals surface area (Å²) in [6, 6.07) is 5.81. The second kappa shape index (κ2) is 8.99. The fourth-order valence-electron chi connectivity index (χ4n) is 2.03. The summed E-state index contributed by atoms with van der Waals surface area (Å²) in [4.78, 5) is 26.7. The third kappa shape index (κ3) is 6.15. The molecule has 0 radical (unpaired) electrons. The first-order valence-corrected chi connectivity index (χ1v) is 7.36. The Kier molecular flexibility index (Phi) is 7.34. The minimum absolute atomic E-state index is 0.233. The van der Waals surface area contributed by atoms with Crippen LogP contribution < -0.4 is 10.1 Å². The minimum Gasteiger partial charge on any atom is -0.497 e. The summed E-state index contributed by atoms with van der Waals surface area (Å²) in [6.45, 7) is 1.15. The second-order valence-electron chi connectivity index (χ2n) is 5.55. The van der Waals surface area contributed by atoms with E-state index in [1.54, 1.807) is 31.4 Å². The molecule has 23 heavy (non-hydrogen) atoms. The van der Waals surface area contributed by atoms with Crippen molar-refractivity contribution in [3.05, 3.63) is 29.8 Å². The summed E-state index contributed by atoms with van der Waals surface area (Å²) in [6.07, 6.45) is 0.233. The molecule has 0 aliphatic carbocycles. The van der Waals surface area contributed by atoms with E-state index in [4.69, 9.17) is 4.74 Å². The summed E-state index contributed by atoms with van der Waals surface area (Å²) in [5, 5.41) is 12.1. The SMILES string of the molecule is COc1ccc(C[C@@H](C(=O)O)N(C)C(=O)NCCN(C)C)cc1. The first kappa shape index (κ1) is 18.8. The van der Waals surface area contributed by atoms with Gasteiger partial charge in [-0.15, -0.1) is 0 Å². The molecule has 1 aromatic carbocycles. The Labute approximate surface area is 136 Å². The van der Waals surface area contributed by atoms with Crippen molar-refractivity contribution in [2.75, 3.05) is 41.3 Å². The van der Waals surface area contributed by atoms with Gasteiger partial charge in [0.05, 0.1) is 7.11 Å². The van der Waals surface area contributed by atoms with Gasteiger partial charge in [0.2, 0.25) is 0 Å². The number of ether oxygens (including phenoxy) is 1. The number of carboxylic acids is 1. The lowest BCUT2D eigenvalue weighted by atomic mass is 10.1. The highest BCUT2D eigenvalue weighted by Crippen LogP contribution is 2.14. The van der Waals surface area contributed by atoms with E-state index < -0.39 is 18.0 Å². The number of carboxylic acid groups (broad SMARTS) is 1. The van der Waals surface area contributed by atoms with Crippen molar-refractivity contribution < 1.29 is 19.4 Å². The van der Waals surface area contributed by atoms with Crippen molar-refractivity contribution in [2.45, 2.75) is 12.5 Å². The Morgan fingerprint density at radius 2 is 1.83 bits per heavy atom. The molecule has 0 aliphatic heterocycles. The number of urea groups is 1. The number of carbonyl (C=O) groups excluding carboxylic acids is 1. The van der Waals surface area contributed by atoms with Crippen LogP contribution in [-0.4, -0.2) is 74.3 Å². The van der Waals surface area contributed by atoms with Gasteiger partial charge in [0.25, 0.3) is 0 Å². The molecule has 0 saturated heterocycles. The first-order chi connectivity index (χ1) is 10.8. The lowest BCUT2D eigenvalue weighted by Gasteiger charge is -2.25. The largest absolute Gasteiger partial charge is 0.497 e. The van der Waals surface area contributed by atoms with Crippen LogP contribution in [0.25, 0.3) is 0 Å². The zero-order valence-corrected chi connectivity index (χ0v) is 14.1. The van der Waals surface area contributed by atoms with Crippen LogP contribution in [0, 0.1) is 0 Å². The van der Waals surface area contributed by atoms with Crippen LogP contribution in [0.5, 0.6) is 5.75 Å². The molecule has 128 valence electrons. The Hall–Kier alpha value is -2.28. The van der Waals surface area contributed by atoms with Crippen molar-refractivity contribution in [3.63, 3.8) is 0 Å². The molecule has 1 atom stereocenters. The van der Waals surface area contributed by atoms with E-state index in [1.807, 2.05) is 19.0 Å². The Morgan fingerprint density at radius 1 is 1.22 bits per heavy atom. The maximum atomic E-state index is 12.1. The van der Waals surface area contributed by atoms with Gasteiger partial charge in [-0.05, 0) is 31.8 Å². The lowest BCUT2D eigenvalue weighted by Crippen LogP contribution is -2.49. The van der Waals surface area contributed by atoms with Gasteiger partial charge in [0.1, 0.15) is 11.8 Å². The smallest absolute Gasteiger partial charge is 0.326 e. The molecule has 0 aliphatic rings. The summed E-state index contributed by atoms with van der Waals surface area (Å²) in [5.41, 5.74) is 0.825. The fraction of sp³-hybridized carbons (Fsp3) is 0.500. The third-order valence-corrected chi connectivity index (χ3v) is 3.50. The number of hydrogen-bond donors (Lipinski definition) is 2. The van der Waals surface area contributed by atoms with Gasteiger partial charge >= 0.3 is 12.0 Å². The van der Waals surface area contributed by atoms with Crippen LogP contribution in [-0.2, 0) is 11.2 Å². The lowest BCUT2D eigenvalue weighted by molar-refractivity contribution is -0.141. The summed E-state index contributed by atoms with van der Waals surface area (Å²) in [5.74, 6) is -0.332. The van der Waals surface area contributed by atoms with E-state index in [0.29, 0.717) is 18.8 Å². The quantitative estimate of drug-likeness (QED) is 0.742. The average Bonchev–Trinajstić information content (AvgIpc) is 2.51. The van der Waals surface area contributed by atoms with E-state index in [0.717, 1.165) is 5.56 Å². The molecule has 7 nitrogen and oxygen atoms in total. The number of rotatable bonds is 8. The van der Waals surface area contributed by atoms with Crippen LogP contribution in [0.2, 0.25) is 0 Å². The van der Waals surface area contributed by atoms with Crippen molar-refractivity contribution in [1.29, 1.82) is 0 Å². The number of methoxy groups -OCH3 is 1. The molecule has 1 rings (SSSR count). The number of nitrogens with one attached hydrogen (secondary N) is 1. The van der Waals surface area contributed by atoms with E-state index in [2.05, 4.69) is 5.32 Å². The van der Waals surface area contributed by atoms with Gasteiger partial charge in [-0.2, -0.15) is 0 Å². The highest BCUT2D eigenvalue weighted by atomic mass is 16.5. The van der Waals surface area contributed by atoms with E-state index in [1.165, 1.54) is 11.9 Å². The number of aliphatic carboxylic acids is 1. The molecular formula is C16H25N3O4. The maximum Gasteiger partial charge on any atom is 0.326 e. The van der Waals surface area contributed by atoms with Crippen LogP contribution in [0.3, 0.4) is 0 Å². The zero-order chi connectivity index (χ0) is 17.4. The number of nitrogens with zero attached hydrogens (tertiary/aromatic N) is 2. The predicted molar refractivity (Wildman–Crippen MR) is 87.8 cm³/mol. The van der Waals surface area contributed by atoms with E-state index >= 15 is 0 Å². The van der Waals surface area contributed by atoms with Gasteiger partial charge in [0, 0.05) is 26.6 Å². The molecule has 0 saturated carbocycles. The number of hydrogen-bond acceptors (Lipinski definition) is 4. The molecule has 0 bridgehead atoms. The topological polar surface area (TPSA) is 82.1 Å². The third-order valence-electron chi connectivity index (χ3n) is 3.50. The van der Waals surface area contributed by atoms with Crippen molar-refractivity contribution in [2.24, 2.45) is 0 Å². The molecule has 0 spiro atoms. The monoisotopic (exact) mass is 323 g/mol. The molecule has 7 heteroatoms. The minimum atomic E-state index is -1.04. The predicted octanol–water partition coefficient (Wildman–Crippen LogP) is 0.894. The van der Waals surface area contributed by atoms with Gasteiger partial charge in [-0.3, -0.25) is 0 Å². The molecule has 0 aromatic heterocycles. The summed E-state index contributed by atoms with van der Waals surface area (Å²) < 4.78 is 5.08. The standard InChI is InChI=1S/C16H25N3O4/c1-18(2)10-9-17-16(22)19(3)14(15(20)21)11-12-5-7-13(23-4)8-6-12/h5-8,14H,9-11H2,1-4H3,(H,17,22)(H,20,21)/t14-/m0/s1. The van der Waals surface area contributed by atoms with Gasteiger partial charge in [0.15, 0.2) is 0 Å². The second-order valence-corrected chi connectivity index (χ2v) is 5.55. The van der Waals surface area contributed by atoms with Crippen LogP contribution in [0.1, 0.15) is 5.56 Å². The Balaban J connectivity index is 2.68. The molecule has 1 aromatic rings. The van der Waals surface area contributed by atoms with Crippen LogP contribution in [0.15, 0.2) is 24.3 Å². The molecule has 0 heterocycles. The van der Waals surface area contributed by atoms with Gasteiger partial charge in [-0.1, -0.05) is 12.1 Å². The number of benzene rings is 1. The van der Waals surface area contributed by atoms with Crippen molar-refractivity contribution in [1.82, 2.24) is 15.1 Å². The molecule has 2 amide bonds. The molecular weight excluding hydrogens is 298 g/mol. The van der Waals surface area contributed by atoms with Crippen LogP contribution in [0.4, 0.5) is 4.79 Å². The molecule has 0 fully saturated rings. The van der Waals surface area contributed by atoms with Crippen molar-refractivity contribution >= 4 is 12.0 Å². The van der Waals surface area contributed by atoms with E-state index in [-0.39, 0.29) is 6.42 Å². The normalized spacial score (nSPS) is 11.9. The summed E-state index contributed by atoms with van der Waals surface area (Å²) >= 11 is 0. The Bertz CT molecular complexity index is 517. The Morgan fingerprint density at radius 3 is 2.30 bits per heavy atom.